The number of ether oxygens (including phenoxy) is 4. The van der Waals surface area contributed by atoms with E-state index in [4.69, 9.17) is 35.8 Å². The second-order valence-corrected chi connectivity index (χ2v) is 4.60. The van der Waals surface area contributed by atoms with Crippen molar-refractivity contribution in [3.8, 4) is 6.07 Å². The molecule has 0 spiro atoms. The molecule has 1 rings (SSSR count). The minimum Gasteiger partial charge on any atom is -0.382 e. The highest BCUT2D eigenvalue weighted by molar-refractivity contribution is 6.31. The van der Waals surface area contributed by atoms with E-state index >= 15 is 0 Å². The highest BCUT2D eigenvalue weighted by Gasteiger charge is 2.02. The lowest BCUT2D eigenvalue weighted by Crippen LogP contribution is -2.11. The Morgan fingerprint density at radius 2 is 1.62 bits per heavy atom. The van der Waals surface area contributed by atoms with Gasteiger partial charge in [-0.05, 0) is 17.7 Å². The van der Waals surface area contributed by atoms with Crippen LogP contribution in [0.5, 0.6) is 0 Å². The van der Waals surface area contributed by atoms with Crippen LogP contribution in [0.4, 0.5) is 0 Å². The molecule has 0 saturated heterocycles. The molecule has 1 aromatic carbocycles. The second kappa shape index (κ2) is 11.5. The molecule has 0 fully saturated rings. The summed E-state index contributed by atoms with van der Waals surface area (Å²) in [5.74, 6) is 0. The van der Waals surface area contributed by atoms with Crippen molar-refractivity contribution >= 4 is 11.6 Å². The van der Waals surface area contributed by atoms with Crippen LogP contribution in [-0.4, -0.2) is 46.8 Å². The molecule has 0 aliphatic rings. The Morgan fingerprint density at radius 3 is 2.19 bits per heavy atom. The average Bonchev–Trinajstić information content (AvgIpc) is 2.50. The number of rotatable bonds is 11. The fourth-order valence-electron chi connectivity index (χ4n) is 1.50. The third kappa shape index (κ3) is 8.00. The van der Waals surface area contributed by atoms with Gasteiger partial charge >= 0.3 is 0 Å². The van der Waals surface area contributed by atoms with Crippen LogP contribution in [0.3, 0.4) is 0 Å². The Hall–Kier alpha value is -1.16. The summed E-state index contributed by atoms with van der Waals surface area (Å²) in [6, 6.07) is 7.19. The number of hydrogen-bond acceptors (Lipinski definition) is 5. The van der Waals surface area contributed by atoms with Crippen molar-refractivity contribution in [1.29, 1.82) is 5.26 Å². The molecule has 116 valence electrons. The first-order chi connectivity index (χ1) is 10.3. The zero-order valence-electron chi connectivity index (χ0n) is 12.1. The molecule has 0 aliphatic heterocycles. The Morgan fingerprint density at radius 1 is 1.00 bits per heavy atom. The van der Waals surface area contributed by atoms with Crippen molar-refractivity contribution in [2.24, 2.45) is 0 Å². The van der Waals surface area contributed by atoms with E-state index in [1.165, 1.54) is 0 Å². The van der Waals surface area contributed by atoms with Crippen LogP contribution in [0.25, 0.3) is 0 Å². The van der Waals surface area contributed by atoms with E-state index in [0.29, 0.717) is 56.8 Å². The van der Waals surface area contributed by atoms with Gasteiger partial charge in [-0.2, -0.15) is 5.26 Å². The van der Waals surface area contributed by atoms with Crippen molar-refractivity contribution < 1.29 is 18.9 Å². The van der Waals surface area contributed by atoms with Crippen LogP contribution < -0.4 is 0 Å². The SMILES string of the molecule is COCCOCCOCCOCc1ccc(C#N)cc1Cl. The Labute approximate surface area is 130 Å². The molecule has 0 atom stereocenters. The van der Waals surface area contributed by atoms with Crippen molar-refractivity contribution in [2.45, 2.75) is 6.61 Å². The summed E-state index contributed by atoms with van der Waals surface area (Å²) in [6.45, 7) is 3.63. The number of hydrogen-bond donors (Lipinski definition) is 0. The number of nitriles is 1. The highest BCUT2D eigenvalue weighted by Crippen LogP contribution is 2.18. The monoisotopic (exact) mass is 313 g/mol. The number of nitrogens with zero attached hydrogens (tertiary/aromatic N) is 1. The maximum Gasteiger partial charge on any atom is 0.0992 e. The van der Waals surface area contributed by atoms with Gasteiger partial charge in [0.15, 0.2) is 0 Å². The maximum absolute atomic E-state index is 8.74. The molecular formula is C15H20ClNO4. The van der Waals surface area contributed by atoms with Crippen molar-refractivity contribution in [3.63, 3.8) is 0 Å². The number of methoxy groups -OCH3 is 1. The van der Waals surface area contributed by atoms with Gasteiger partial charge in [-0.25, -0.2) is 0 Å². The Kier molecular flexibility index (Phi) is 9.79. The lowest BCUT2D eigenvalue weighted by molar-refractivity contribution is 0.000878. The van der Waals surface area contributed by atoms with E-state index in [9.17, 15) is 0 Å². The van der Waals surface area contributed by atoms with Crippen LogP contribution in [0.2, 0.25) is 5.02 Å². The molecule has 0 aliphatic carbocycles. The zero-order chi connectivity index (χ0) is 15.3. The predicted octanol–water partition coefficient (Wildman–Crippen LogP) is 2.41. The van der Waals surface area contributed by atoms with E-state index in [0.717, 1.165) is 5.56 Å². The average molecular weight is 314 g/mol. The van der Waals surface area contributed by atoms with Gasteiger partial charge in [-0.15, -0.1) is 0 Å². The van der Waals surface area contributed by atoms with Gasteiger partial charge in [0.25, 0.3) is 0 Å². The van der Waals surface area contributed by atoms with Crippen molar-refractivity contribution in [1.82, 2.24) is 0 Å². The van der Waals surface area contributed by atoms with Crippen molar-refractivity contribution in [2.75, 3.05) is 46.8 Å². The molecule has 6 heteroatoms. The van der Waals surface area contributed by atoms with Crippen LogP contribution in [-0.2, 0) is 25.6 Å². The Bertz CT molecular complexity index is 448. The molecule has 0 N–H and O–H groups in total. The number of halogens is 1. The molecule has 5 nitrogen and oxygen atoms in total. The summed E-state index contributed by atoms with van der Waals surface area (Å²) in [6.07, 6.45) is 0. The maximum atomic E-state index is 8.74. The second-order valence-electron chi connectivity index (χ2n) is 4.19. The fourth-order valence-corrected chi connectivity index (χ4v) is 1.73. The smallest absolute Gasteiger partial charge is 0.0992 e. The van der Waals surface area contributed by atoms with E-state index in [1.807, 2.05) is 6.07 Å². The van der Waals surface area contributed by atoms with Crippen LogP contribution in [0.1, 0.15) is 11.1 Å². The molecule has 0 heterocycles. The predicted molar refractivity (Wildman–Crippen MR) is 79.3 cm³/mol. The summed E-state index contributed by atoms with van der Waals surface area (Å²) < 4.78 is 20.9. The van der Waals surface area contributed by atoms with E-state index in [2.05, 4.69) is 0 Å². The minimum absolute atomic E-state index is 0.401. The third-order valence-corrected chi connectivity index (χ3v) is 2.97. The van der Waals surface area contributed by atoms with Gasteiger partial charge in [-0.3, -0.25) is 0 Å². The minimum atomic E-state index is 0.401. The molecule has 0 bridgehead atoms. The fraction of sp³-hybridized carbons (Fsp3) is 0.533. The molecular weight excluding hydrogens is 294 g/mol. The summed E-state index contributed by atoms with van der Waals surface area (Å²) in [4.78, 5) is 0. The zero-order valence-corrected chi connectivity index (χ0v) is 12.9. The molecule has 0 radical (unpaired) electrons. The van der Waals surface area contributed by atoms with Gasteiger partial charge in [0.05, 0.1) is 57.9 Å². The van der Waals surface area contributed by atoms with Gasteiger partial charge < -0.3 is 18.9 Å². The highest BCUT2D eigenvalue weighted by atomic mass is 35.5. The molecule has 0 saturated carbocycles. The Balaban J connectivity index is 2.03. The standard InChI is InChI=1S/C15H20ClNO4/c1-18-4-5-19-6-7-20-8-9-21-12-14-3-2-13(11-17)10-15(14)16/h2-3,10H,4-9,12H2,1H3. The summed E-state index contributed by atoms with van der Waals surface area (Å²) >= 11 is 6.04. The molecule has 0 aromatic heterocycles. The lowest BCUT2D eigenvalue weighted by atomic mass is 10.1. The van der Waals surface area contributed by atoms with Gasteiger partial charge in [0.2, 0.25) is 0 Å². The lowest BCUT2D eigenvalue weighted by Gasteiger charge is -2.08. The summed E-state index contributed by atoms with van der Waals surface area (Å²) in [5.41, 5.74) is 1.40. The topological polar surface area (TPSA) is 60.7 Å². The summed E-state index contributed by atoms with van der Waals surface area (Å²) in [7, 11) is 1.64. The largest absolute Gasteiger partial charge is 0.382 e. The van der Waals surface area contributed by atoms with Gasteiger partial charge in [0.1, 0.15) is 0 Å². The molecule has 0 amide bonds. The van der Waals surface area contributed by atoms with Crippen LogP contribution >= 0.6 is 11.6 Å². The molecule has 1 aromatic rings. The van der Waals surface area contributed by atoms with Crippen LogP contribution in [0, 0.1) is 11.3 Å². The van der Waals surface area contributed by atoms with Gasteiger partial charge in [0, 0.05) is 12.1 Å². The molecule has 21 heavy (non-hydrogen) atoms. The first-order valence-corrected chi connectivity index (χ1v) is 7.06. The first-order valence-electron chi connectivity index (χ1n) is 6.68. The summed E-state index contributed by atoms with van der Waals surface area (Å²) in [5, 5.41) is 9.29. The van der Waals surface area contributed by atoms with Crippen molar-refractivity contribution in [3.05, 3.63) is 34.3 Å². The third-order valence-electron chi connectivity index (χ3n) is 2.62. The van der Waals surface area contributed by atoms with Gasteiger partial charge in [-0.1, -0.05) is 17.7 Å². The first kappa shape index (κ1) is 17.9. The van der Waals surface area contributed by atoms with Crippen LogP contribution in [0.15, 0.2) is 18.2 Å². The normalized spacial score (nSPS) is 10.5. The van der Waals surface area contributed by atoms with E-state index in [1.54, 1.807) is 25.3 Å². The molecule has 0 unspecified atom stereocenters. The number of benzene rings is 1. The van der Waals surface area contributed by atoms with E-state index in [-0.39, 0.29) is 0 Å². The van der Waals surface area contributed by atoms with E-state index < -0.39 is 0 Å². The quantitative estimate of drug-likeness (QED) is 0.587.